The Hall–Kier alpha value is -5.08. The van der Waals surface area contributed by atoms with Crippen LogP contribution >= 0.6 is 0 Å². The van der Waals surface area contributed by atoms with E-state index in [1.165, 1.54) is 16.7 Å². The minimum Gasteiger partial charge on any atom is -0.376 e. The maximum Gasteiger partial charge on any atom is 0.0569 e. The molecular weight excluding hydrogens is 569 g/mol. The fourth-order valence-electron chi connectivity index (χ4n) is 4.65. The van der Waals surface area contributed by atoms with Gasteiger partial charge in [-0.05, 0) is 87.7 Å². The lowest BCUT2D eigenvalue weighted by molar-refractivity contribution is 0.609. The normalized spacial score (nSPS) is 10.2. The minimum absolute atomic E-state index is 0.176. The molecule has 0 aliphatic heterocycles. The van der Waals surface area contributed by atoms with E-state index in [-0.39, 0.29) is 5.54 Å². The van der Waals surface area contributed by atoms with Gasteiger partial charge < -0.3 is 10.2 Å². The van der Waals surface area contributed by atoms with Crippen LogP contribution in [0.3, 0.4) is 0 Å². The average Bonchev–Trinajstić information content (AvgIpc) is 3.08. The van der Waals surface area contributed by atoms with E-state index in [9.17, 15) is 0 Å². The van der Waals surface area contributed by atoms with Crippen molar-refractivity contribution in [3.05, 3.63) is 193 Å². The van der Waals surface area contributed by atoms with E-state index in [0.29, 0.717) is 0 Å². The molecule has 6 aromatic carbocycles. The molecule has 0 bridgehead atoms. The molecule has 0 heterocycles. The SMILES string of the molecule is CC(C)(Nc1ccccc1)c1ccc(N(c2ccccc2)c2ccccc2)cc1.CC(C)C.Cc1ccccc1.Cc1ccccc1. The van der Waals surface area contributed by atoms with Crippen LogP contribution < -0.4 is 10.2 Å². The van der Waals surface area contributed by atoms with Crippen molar-refractivity contribution >= 4 is 22.7 Å². The van der Waals surface area contributed by atoms with Crippen molar-refractivity contribution in [1.29, 1.82) is 0 Å². The van der Waals surface area contributed by atoms with E-state index >= 15 is 0 Å². The molecule has 0 fully saturated rings. The van der Waals surface area contributed by atoms with Crippen molar-refractivity contribution in [2.75, 3.05) is 10.2 Å². The van der Waals surface area contributed by atoms with Gasteiger partial charge >= 0.3 is 0 Å². The molecule has 0 unspecified atom stereocenters. The van der Waals surface area contributed by atoms with Crippen molar-refractivity contribution in [2.45, 2.75) is 54.0 Å². The molecule has 2 nitrogen and oxygen atoms in total. The quantitative estimate of drug-likeness (QED) is 0.199. The van der Waals surface area contributed by atoms with Gasteiger partial charge in [-0.25, -0.2) is 0 Å². The second-order valence-corrected chi connectivity index (χ2v) is 12.7. The van der Waals surface area contributed by atoms with E-state index in [0.717, 1.165) is 28.7 Å². The van der Waals surface area contributed by atoms with Crippen molar-refractivity contribution < 1.29 is 0 Å². The first-order chi connectivity index (χ1) is 22.7. The highest BCUT2D eigenvalue weighted by atomic mass is 15.1. The van der Waals surface area contributed by atoms with Crippen LogP contribution in [0.1, 0.15) is 51.3 Å². The van der Waals surface area contributed by atoms with Gasteiger partial charge in [-0.2, -0.15) is 0 Å². The van der Waals surface area contributed by atoms with Crippen LogP contribution in [0.4, 0.5) is 22.7 Å². The predicted octanol–water partition coefficient (Wildman–Crippen LogP) is 13.2. The Kier molecular flexibility index (Phi) is 15.0. The predicted molar refractivity (Wildman–Crippen MR) is 207 cm³/mol. The number of nitrogens with zero attached hydrogens (tertiary/aromatic N) is 1. The number of aryl methyl sites for hydroxylation is 2. The number of benzene rings is 6. The van der Waals surface area contributed by atoms with Gasteiger partial charge in [0, 0.05) is 22.7 Å². The van der Waals surface area contributed by atoms with Gasteiger partial charge in [0.05, 0.1) is 5.54 Å². The summed E-state index contributed by atoms with van der Waals surface area (Å²) in [5.74, 6) is 0.833. The highest BCUT2D eigenvalue weighted by molar-refractivity contribution is 5.76. The van der Waals surface area contributed by atoms with Crippen molar-refractivity contribution in [1.82, 2.24) is 0 Å². The van der Waals surface area contributed by atoms with E-state index < -0.39 is 0 Å². The summed E-state index contributed by atoms with van der Waals surface area (Å²) in [5, 5.41) is 3.63. The zero-order valence-electron chi connectivity index (χ0n) is 29.3. The highest BCUT2D eigenvalue weighted by Crippen LogP contribution is 2.35. The molecule has 242 valence electrons. The monoisotopic (exact) mass is 620 g/mol. The molecular formula is C45H52N2. The molecule has 0 saturated heterocycles. The first-order valence-electron chi connectivity index (χ1n) is 16.5. The molecule has 1 N–H and O–H groups in total. The molecule has 6 aromatic rings. The van der Waals surface area contributed by atoms with E-state index in [2.05, 4.69) is 180 Å². The van der Waals surface area contributed by atoms with Gasteiger partial charge in [0.25, 0.3) is 0 Å². The Morgan fingerprint density at radius 2 is 0.723 bits per heavy atom. The summed E-state index contributed by atoms with van der Waals surface area (Å²) >= 11 is 0. The largest absolute Gasteiger partial charge is 0.376 e. The van der Waals surface area contributed by atoms with Gasteiger partial charge in [-0.1, -0.05) is 159 Å². The van der Waals surface area contributed by atoms with Crippen LogP contribution in [-0.2, 0) is 5.54 Å². The molecule has 0 aliphatic carbocycles. The summed E-state index contributed by atoms with van der Waals surface area (Å²) < 4.78 is 0. The van der Waals surface area contributed by atoms with E-state index in [1.54, 1.807) is 0 Å². The van der Waals surface area contributed by atoms with Crippen molar-refractivity contribution in [3.8, 4) is 0 Å². The Balaban J connectivity index is 0.000000269. The summed E-state index contributed by atoms with van der Waals surface area (Å²) in [6, 6.07) is 60.7. The van der Waals surface area contributed by atoms with E-state index in [1.807, 2.05) is 54.6 Å². The first-order valence-corrected chi connectivity index (χ1v) is 16.5. The lowest BCUT2D eigenvalue weighted by Gasteiger charge is -2.30. The molecule has 0 radical (unpaired) electrons. The van der Waals surface area contributed by atoms with Crippen LogP contribution in [0, 0.1) is 19.8 Å². The second kappa shape index (κ2) is 19.4. The fourth-order valence-corrected chi connectivity index (χ4v) is 4.65. The molecule has 0 aromatic heterocycles. The number of nitrogens with one attached hydrogen (secondary N) is 1. The fraction of sp³-hybridized carbons (Fsp3) is 0.200. The summed E-state index contributed by atoms with van der Waals surface area (Å²) in [6.45, 7) is 15.1. The summed E-state index contributed by atoms with van der Waals surface area (Å²) in [4.78, 5) is 2.28. The van der Waals surface area contributed by atoms with Crippen LogP contribution in [0.15, 0.2) is 176 Å². The summed E-state index contributed by atoms with van der Waals surface area (Å²) in [5.41, 5.74) is 8.26. The number of hydrogen-bond donors (Lipinski definition) is 1. The molecule has 6 rings (SSSR count). The number of rotatable bonds is 6. The smallest absolute Gasteiger partial charge is 0.0569 e. The van der Waals surface area contributed by atoms with Gasteiger partial charge in [-0.3, -0.25) is 0 Å². The van der Waals surface area contributed by atoms with Crippen LogP contribution in [0.5, 0.6) is 0 Å². The lowest BCUT2D eigenvalue weighted by atomic mass is 9.93. The Bertz CT molecular complexity index is 1550. The van der Waals surface area contributed by atoms with Crippen LogP contribution in [-0.4, -0.2) is 0 Å². The Morgan fingerprint density at radius 1 is 0.426 bits per heavy atom. The lowest BCUT2D eigenvalue weighted by Crippen LogP contribution is -2.27. The van der Waals surface area contributed by atoms with Gasteiger partial charge in [-0.15, -0.1) is 0 Å². The third kappa shape index (κ3) is 13.4. The van der Waals surface area contributed by atoms with Crippen LogP contribution in [0.25, 0.3) is 0 Å². The maximum absolute atomic E-state index is 3.63. The van der Waals surface area contributed by atoms with Gasteiger partial charge in [0.15, 0.2) is 0 Å². The molecule has 0 amide bonds. The van der Waals surface area contributed by atoms with Crippen molar-refractivity contribution in [2.24, 2.45) is 5.92 Å². The molecule has 2 heteroatoms. The Labute approximate surface area is 284 Å². The summed E-state index contributed by atoms with van der Waals surface area (Å²) in [7, 11) is 0. The van der Waals surface area contributed by atoms with Crippen LogP contribution in [0.2, 0.25) is 0 Å². The molecule has 0 saturated carbocycles. The standard InChI is InChI=1S/C27H26N2.2C7H8.C4H10/c1-27(2,28-23-12-6-3-7-13-23)22-18-20-26(21-19-22)29(24-14-8-4-9-15-24)25-16-10-5-11-17-25;2*1-7-5-3-2-4-6-7;1-4(2)3/h3-21,28H,1-2H3;2*2-6H,1H3;4H,1-3H3. The summed E-state index contributed by atoms with van der Waals surface area (Å²) in [6.07, 6.45) is 0. The van der Waals surface area contributed by atoms with Gasteiger partial charge in [0.2, 0.25) is 0 Å². The minimum atomic E-state index is -0.176. The van der Waals surface area contributed by atoms with Gasteiger partial charge in [0.1, 0.15) is 0 Å². The third-order valence-corrected chi connectivity index (χ3v) is 6.99. The molecule has 0 atom stereocenters. The average molecular weight is 621 g/mol. The van der Waals surface area contributed by atoms with Crippen molar-refractivity contribution in [3.63, 3.8) is 0 Å². The number of anilines is 4. The zero-order valence-corrected chi connectivity index (χ0v) is 29.3. The third-order valence-electron chi connectivity index (χ3n) is 6.99. The second-order valence-electron chi connectivity index (χ2n) is 12.7. The number of para-hydroxylation sites is 3. The zero-order chi connectivity index (χ0) is 33.9. The Morgan fingerprint density at radius 3 is 1.04 bits per heavy atom. The molecule has 0 spiro atoms. The van der Waals surface area contributed by atoms with E-state index in [4.69, 9.17) is 0 Å². The first kappa shape index (κ1) is 36.4. The topological polar surface area (TPSA) is 15.3 Å². The molecule has 47 heavy (non-hydrogen) atoms. The maximum atomic E-state index is 3.63. The molecule has 0 aliphatic rings. The number of hydrogen-bond acceptors (Lipinski definition) is 2. The highest BCUT2D eigenvalue weighted by Gasteiger charge is 2.21.